The number of aliphatic hydroxyl groups excluding tert-OH is 1. The van der Waals surface area contributed by atoms with Gasteiger partial charge >= 0.3 is 0 Å². The van der Waals surface area contributed by atoms with Gasteiger partial charge in [0.2, 0.25) is 10.0 Å². The standard InChI is InChI=1S/C17H25N3O4S/c1-13(21)17(22)19-7-6-14-4-3-5-16(15(14)12-19)25(23,24)20-10-8-18(2)9-11-20/h3-5,13,21H,6-12H2,1-2H3/t13-/m1/s1. The van der Waals surface area contributed by atoms with Crippen molar-refractivity contribution < 1.29 is 18.3 Å². The fourth-order valence-corrected chi connectivity index (χ4v) is 5.09. The zero-order valence-corrected chi connectivity index (χ0v) is 15.5. The smallest absolute Gasteiger partial charge is 0.251 e. The number of hydrogen-bond donors (Lipinski definition) is 1. The van der Waals surface area contributed by atoms with Gasteiger partial charge in [-0.1, -0.05) is 12.1 Å². The summed E-state index contributed by atoms with van der Waals surface area (Å²) >= 11 is 0. The number of aliphatic hydroxyl groups is 1. The van der Waals surface area contributed by atoms with Gasteiger partial charge in [-0.25, -0.2) is 8.42 Å². The minimum atomic E-state index is -3.59. The number of rotatable bonds is 3. The van der Waals surface area contributed by atoms with E-state index >= 15 is 0 Å². The van der Waals surface area contributed by atoms with Crippen LogP contribution in [-0.2, 0) is 27.8 Å². The van der Waals surface area contributed by atoms with Crippen molar-refractivity contribution in [1.29, 1.82) is 0 Å². The minimum Gasteiger partial charge on any atom is -0.384 e. The molecular formula is C17H25N3O4S. The lowest BCUT2D eigenvalue weighted by Gasteiger charge is -2.34. The van der Waals surface area contributed by atoms with Crippen LogP contribution in [0.5, 0.6) is 0 Å². The van der Waals surface area contributed by atoms with Crippen LogP contribution in [0.1, 0.15) is 18.1 Å². The Morgan fingerprint density at radius 3 is 2.48 bits per heavy atom. The van der Waals surface area contributed by atoms with Gasteiger partial charge in [-0.3, -0.25) is 4.79 Å². The molecule has 0 aliphatic carbocycles. The van der Waals surface area contributed by atoms with E-state index in [0.717, 1.165) is 5.56 Å². The maximum atomic E-state index is 13.1. The Labute approximate surface area is 148 Å². The molecular weight excluding hydrogens is 342 g/mol. The van der Waals surface area contributed by atoms with Crippen LogP contribution < -0.4 is 0 Å². The van der Waals surface area contributed by atoms with Gasteiger partial charge in [0, 0.05) is 39.3 Å². The molecule has 0 bridgehead atoms. The first-order valence-electron chi connectivity index (χ1n) is 8.57. The summed E-state index contributed by atoms with van der Waals surface area (Å²) in [6.45, 7) is 4.51. The zero-order chi connectivity index (χ0) is 18.2. The molecule has 138 valence electrons. The van der Waals surface area contributed by atoms with Gasteiger partial charge in [0.1, 0.15) is 6.10 Å². The van der Waals surface area contributed by atoms with Crippen LogP contribution in [0.2, 0.25) is 0 Å². The van der Waals surface area contributed by atoms with E-state index in [1.807, 2.05) is 13.1 Å². The highest BCUT2D eigenvalue weighted by atomic mass is 32.2. The van der Waals surface area contributed by atoms with E-state index in [1.165, 1.54) is 16.1 Å². The molecule has 1 N–H and O–H groups in total. The molecule has 1 fully saturated rings. The highest BCUT2D eigenvalue weighted by Crippen LogP contribution is 2.29. The molecule has 0 aromatic heterocycles. The van der Waals surface area contributed by atoms with Gasteiger partial charge in [0.25, 0.3) is 5.91 Å². The Bertz CT molecular complexity index is 755. The number of carbonyl (C=O) groups excluding carboxylic acids is 1. The van der Waals surface area contributed by atoms with Crippen molar-refractivity contribution in [3.63, 3.8) is 0 Å². The van der Waals surface area contributed by atoms with Gasteiger partial charge in [-0.2, -0.15) is 4.31 Å². The first kappa shape index (κ1) is 18.3. The maximum Gasteiger partial charge on any atom is 0.251 e. The molecule has 2 aliphatic heterocycles. The second-order valence-electron chi connectivity index (χ2n) is 6.79. The number of carbonyl (C=O) groups is 1. The molecule has 1 saturated heterocycles. The van der Waals surface area contributed by atoms with Crippen LogP contribution in [-0.4, -0.2) is 79.4 Å². The number of nitrogens with zero attached hydrogens (tertiary/aromatic N) is 3. The number of sulfonamides is 1. The molecule has 2 aliphatic rings. The summed E-state index contributed by atoms with van der Waals surface area (Å²) < 4.78 is 27.8. The third-order valence-electron chi connectivity index (χ3n) is 4.98. The third kappa shape index (κ3) is 3.57. The second-order valence-corrected chi connectivity index (χ2v) is 8.69. The first-order chi connectivity index (χ1) is 11.8. The summed E-state index contributed by atoms with van der Waals surface area (Å²) in [6, 6.07) is 5.32. The highest BCUT2D eigenvalue weighted by Gasteiger charge is 2.33. The van der Waals surface area contributed by atoms with Crippen molar-refractivity contribution in [2.24, 2.45) is 0 Å². The number of fused-ring (bicyclic) bond motifs is 1. The minimum absolute atomic E-state index is 0.224. The van der Waals surface area contributed by atoms with E-state index < -0.39 is 16.1 Å². The normalized spacial score (nSPS) is 21.0. The van der Waals surface area contributed by atoms with Crippen molar-refractivity contribution in [3.05, 3.63) is 29.3 Å². The lowest BCUT2D eigenvalue weighted by atomic mass is 9.99. The van der Waals surface area contributed by atoms with Crippen LogP contribution in [0.25, 0.3) is 0 Å². The highest BCUT2D eigenvalue weighted by molar-refractivity contribution is 7.89. The van der Waals surface area contributed by atoms with Gasteiger partial charge in [-0.15, -0.1) is 0 Å². The zero-order valence-electron chi connectivity index (χ0n) is 14.7. The van der Waals surface area contributed by atoms with Crippen LogP contribution in [0.4, 0.5) is 0 Å². The number of likely N-dealkylation sites (N-methyl/N-ethyl adjacent to an activating group) is 1. The Hall–Kier alpha value is -1.48. The number of hydrogen-bond acceptors (Lipinski definition) is 5. The van der Waals surface area contributed by atoms with Gasteiger partial charge in [-0.05, 0) is 37.6 Å². The molecule has 0 spiro atoms. The molecule has 3 rings (SSSR count). The van der Waals surface area contributed by atoms with Crippen LogP contribution in [0.15, 0.2) is 23.1 Å². The summed E-state index contributed by atoms with van der Waals surface area (Å²) in [5.74, 6) is -0.363. The largest absolute Gasteiger partial charge is 0.384 e. The number of benzene rings is 1. The molecule has 0 saturated carbocycles. The Kier molecular flexibility index (Phi) is 5.15. The SMILES string of the molecule is C[C@@H](O)C(=O)N1CCc2cccc(S(=O)(=O)N3CCN(C)CC3)c2C1. The Morgan fingerprint density at radius 2 is 1.84 bits per heavy atom. The Balaban J connectivity index is 1.93. The topological polar surface area (TPSA) is 81.2 Å². The molecule has 7 nitrogen and oxygen atoms in total. The van der Waals surface area contributed by atoms with E-state index in [1.54, 1.807) is 12.1 Å². The van der Waals surface area contributed by atoms with E-state index in [-0.39, 0.29) is 17.3 Å². The van der Waals surface area contributed by atoms with Gasteiger partial charge in [0.15, 0.2) is 0 Å². The monoisotopic (exact) mass is 367 g/mol. The van der Waals surface area contributed by atoms with Crippen LogP contribution >= 0.6 is 0 Å². The van der Waals surface area contributed by atoms with Crippen molar-refractivity contribution >= 4 is 15.9 Å². The van der Waals surface area contributed by atoms with Crippen LogP contribution in [0.3, 0.4) is 0 Å². The molecule has 8 heteroatoms. The van der Waals surface area contributed by atoms with Crippen LogP contribution in [0, 0.1) is 0 Å². The number of piperazine rings is 1. The van der Waals surface area contributed by atoms with E-state index in [2.05, 4.69) is 4.90 Å². The summed E-state index contributed by atoms with van der Waals surface area (Å²) in [4.78, 5) is 16.1. The fraction of sp³-hybridized carbons (Fsp3) is 0.588. The predicted octanol–water partition coefficient (Wildman–Crippen LogP) is -0.112. The van der Waals surface area contributed by atoms with Gasteiger partial charge < -0.3 is 14.9 Å². The summed E-state index contributed by atoms with van der Waals surface area (Å²) in [5.41, 5.74) is 1.64. The molecule has 25 heavy (non-hydrogen) atoms. The first-order valence-corrected chi connectivity index (χ1v) is 10.0. The Morgan fingerprint density at radius 1 is 1.16 bits per heavy atom. The third-order valence-corrected chi connectivity index (χ3v) is 6.96. The van der Waals surface area contributed by atoms with E-state index in [4.69, 9.17) is 0 Å². The van der Waals surface area contributed by atoms with Crippen molar-refractivity contribution in [3.8, 4) is 0 Å². The molecule has 1 aromatic rings. The molecule has 0 unspecified atom stereocenters. The fourth-order valence-electron chi connectivity index (χ4n) is 3.41. The van der Waals surface area contributed by atoms with E-state index in [0.29, 0.717) is 44.7 Å². The quantitative estimate of drug-likeness (QED) is 0.806. The van der Waals surface area contributed by atoms with Crippen molar-refractivity contribution in [2.75, 3.05) is 39.8 Å². The summed E-state index contributed by atoms with van der Waals surface area (Å²) in [5, 5.41) is 9.56. The summed E-state index contributed by atoms with van der Waals surface area (Å²) in [6.07, 6.45) is -0.483. The molecule has 2 heterocycles. The predicted molar refractivity (Wildman–Crippen MR) is 93.5 cm³/mol. The van der Waals surface area contributed by atoms with Crippen molar-refractivity contribution in [1.82, 2.24) is 14.1 Å². The number of amides is 1. The molecule has 1 amide bonds. The lowest BCUT2D eigenvalue weighted by Crippen LogP contribution is -2.47. The average Bonchev–Trinajstić information content (AvgIpc) is 2.60. The second kappa shape index (κ2) is 7.03. The lowest BCUT2D eigenvalue weighted by molar-refractivity contribution is -0.140. The maximum absolute atomic E-state index is 13.1. The van der Waals surface area contributed by atoms with Crippen molar-refractivity contribution in [2.45, 2.75) is 30.9 Å². The average molecular weight is 367 g/mol. The van der Waals surface area contributed by atoms with E-state index in [9.17, 15) is 18.3 Å². The summed E-state index contributed by atoms with van der Waals surface area (Å²) in [7, 11) is -1.61. The molecule has 0 radical (unpaired) electrons. The molecule has 1 aromatic carbocycles. The van der Waals surface area contributed by atoms with Gasteiger partial charge in [0.05, 0.1) is 4.90 Å². The molecule has 1 atom stereocenters.